The van der Waals surface area contributed by atoms with E-state index in [2.05, 4.69) is 5.32 Å². The number of rotatable bonds is 7. The maximum atomic E-state index is 13.2. The first kappa shape index (κ1) is 24.1. The van der Waals surface area contributed by atoms with Crippen molar-refractivity contribution in [2.24, 2.45) is 0 Å². The number of nitrogens with zero attached hydrogens (tertiary/aromatic N) is 1. The quantitative estimate of drug-likeness (QED) is 0.673. The fourth-order valence-corrected chi connectivity index (χ4v) is 5.54. The molecule has 1 fully saturated rings. The number of benzene rings is 2. The van der Waals surface area contributed by atoms with Crippen molar-refractivity contribution in [2.45, 2.75) is 50.5 Å². The molecule has 0 bridgehead atoms. The van der Waals surface area contributed by atoms with E-state index in [1.807, 2.05) is 32.0 Å². The molecular weight excluding hydrogens is 428 g/mol. The average molecular weight is 461 g/mol. The number of hydrogen-bond donors (Lipinski definition) is 1. The molecule has 8 heteroatoms. The smallest absolute Gasteiger partial charge is 0.255 e. The van der Waals surface area contributed by atoms with Crippen molar-refractivity contribution in [1.82, 2.24) is 9.62 Å². The highest BCUT2D eigenvalue weighted by atomic mass is 32.2. The van der Waals surface area contributed by atoms with Crippen molar-refractivity contribution in [3.8, 4) is 11.5 Å². The van der Waals surface area contributed by atoms with Gasteiger partial charge < -0.3 is 14.8 Å². The van der Waals surface area contributed by atoms with Crippen LogP contribution in [-0.4, -0.2) is 45.9 Å². The minimum atomic E-state index is -3.69. The molecule has 0 spiro atoms. The summed E-state index contributed by atoms with van der Waals surface area (Å²) in [5.41, 5.74) is 2.07. The van der Waals surface area contributed by atoms with Gasteiger partial charge in [-0.15, -0.1) is 0 Å². The topological polar surface area (TPSA) is 84.9 Å². The van der Waals surface area contributed by atoms with Crippen LogP contribution < -0.4 is 14.8 Å². The third kappa shape index (κ3) is 5.24. The molecule has 1 aliphatic rings. The van der Waals surface area contributed by atoms with E-state index in [-0.39, 0.29) is 16.5 Å². The monoisotopic (exact) mass is 460 g/mol. The van der Waals surface area contributed by atoms with Crippen molar-refractivity contribution < 1.29 is 22.7 Å². The molecule has 1 N–H and O–H groups in total. The lowest BCUT2D eigenvalue weighted by Gasteiger charge is -2.21. The van der Waals surface area contributed by atoms with Gasteiger partial charge in [0.1, 0.15) is 11.5 Å². The number of nitrogens with one attached hydrogen (secondary N) is 1. The van der Waals surface area contributed by atoms with Gasteiger partial charge in [0.05, 0.1) is 30.7 Å². The number of amides is 1. The first-order valence-electron chi connectivity index (χ1n) is 10.9. The standard InChI is InChI=1S/C24H32N2O5S/c1-17-9-11-22(30-3)20(15-17)18(2)25-24(27)21-16-19(10-12-23(21)31-4)32(28,29)26-13-7-5-6-8-14-26/h9-12,15-16,18H,5-8,13-14H2,1-4H3,(H,25,27). The zero-order valence-electron chi connectivity index (χ0n) is 19.2. The molecule has 174 valence electrons. The Labute approximate surface area is 190 Å². The predicted molar refractivity (Wildman–Crippen MR) is 124 cm³/mol. The van der Waals surface area contributed by atoms with Crippen LogP contribution in [0.2, 0.25) is 0 Å². The van der Waals surface area contributed by atoms with Crippen LogP contribution in [-0.2, 0) is 10.0 Å². The van der Waals surface area contributed by atoms with Gasteiger partial charge in [-0.1, -0.05) is 30.5 Å². The summed E-state index contributed by atoms with van der Waals surface area (Å²) in [6.07, 6.45) is 3.75. The molecule has 0 radical (unpaired) electrons. The lowest BCUT2D eigenvalue weighted by atomic mass is 10.0. The van der Waals surface area contributed by atoms with E-state index < -0.39 is 15.9 Å². The van der Waals surface area contributed by atoms with Gasteiger partial charge in [0.2, 0.25) is 10.0 Å². The molecule has 0 aromatic heterocycles. The highest BCUT2D eigenvalue weighted by Gasteiger charge is 2.27. The Morgan fingerprint density at radius 2 is 1.59 bits per heavy atom. The molecule has 2 aromatic carbocycles. The van der Waals surface area contributed by atoms with E-state index in [1.165, 1.54) is 29.6 Å². The molecule has 1 amide bonds. The lowest BCUT2D eigenvalue weighted by molar-refractivity contribution is 0.0936. The molecule has 1 unspecified atom stereocenters. The fourth-order valence-electron chi connectivity index (χ4n) is 4.00. The van der Waals surface area contributed by atoms with Crippen LogP contribution >= 0.6 is 0 Å². The molecule has 2 aromatic rings. The van der Waals surface area contributed by atoms with Gasteiger partial charge in [0, 0.05) is 18.7 Å². The van der Waals surface area contributed by atoms with Crippen LogP contribution in [0.15, 0.2) is 41.3 Å². The minimum absolute atomic E-state index is 0.103. The van der Waals surface area contributed by atoms with Crippen molar-refractivity contribution >= 4 is 15.9 Å². The lowest BCUT2D eigenvalue weighted by Crippen LogP contribution is -2.32. The number of methoxy groups -OCH3 is 2. The second kappa shape index (κ2) is 10.4. The summed E-state index contributed by atoms with van der Waals surface area (Å²) in [4.78, 5) is 13.3. The minimum Gasteiger partial charge on any atom is -0.496 e. The summed E-state index contributed by atoms with van der Waals surface area (Å²) in [5.74, 6) is 0.583. The highest BCUT2D eigenvalue weighted by molar-refractivity contribution is 7.89. The van der Waals surface area contributed by atoms with Gasteiger partial charge in [-0.3, -0.25) is 4.79 Å². The van der Waals surface area contributed by atoms with Gasteiger partial charge >= 0.3 is 0 Å². The first-order valence-corrected chi connectivity index (χ1v) is 12.4. The second-order valence-corrected chi connectivity index (χ2v) is 10.1. The molecular formula is C24H32N2O5S. The molecule has 0 aliphatic carbocycles. The average Bonchev–Trinajstić information content (AvgIpc) is 3.08. The van der Waals surface area contributed by atoms with Gasteiger partial charge in [0.15, 0.2) is 0 Å². The fraction of sp³-hybridized carbons (Fsp3) is 0.458. The Morgan fingerprint density at radius 1 is 0.969 bits per heavy atom. The zero-order valence-corrected chi connectivity index (χ0v) is 20.0. The SMILES string of the molecule is COc1ccc(S(=O)(=O)N2CCCCCC2)cc1C(=O)NC(C)c1cc(C)ccc1OC. The number of carbonyl (C=O) groups is 1. The zero-order chi connectivity index (χ0) is 23.3. The van der Waals surface area contributed by atoms with Crippen LogP contribution in [0.1, 0.15) is 60.1 Å². The van der Waals surface area contributed by atoms with Crippen molar-refractivity contribution in [3.05, 3.63) is 53.1 Å². The van der Waals surface area contributed by atoms with E-state index >= 15 is 0 Å². The number of hydrogen-bond acceptors (Lipinski definition) is 5. The van der Waals surface area contributed by atoms with Gasteiger partial charge in [-0.25, -0.2) is 8.42 Å². The van der Waals surface area contributed by atoms with Crippen LogP contribution in [0.5, 0.6) is 11.5 Å². The van der Waals surface area contributed by atoms with E-state index in [9.17, 15) is 13.2 Å². The van der Waals surface area contributed by atoms with Gasteiger partial charge in [-0.05, 0) is 51.0 Å². The highest BCUT2D eigenvalue weighted by Crippen LogP contribution is 2.29. The summed E-state index contributed by atoms with van der Waals surface area (Å²) < 4.78 is 38.7. The van der Waals surface area contributed by atoms with Crippen LogP contribution in [0.25, 0.3) is 0 Å². The van der Waals surface area contributed by atoms with Crippen molar-refractivity contribution in [1.29, 1.82) is 0 Å². The molecule has 1 aliphatic heterocycles. The van der Waals surface area contributed by atoms with Crippen LogP contribution in [0.4, 0.5) is 0 Å². The third-order valence-corrected chi connectivity index (χ3v) is 7.71. The summed E-state index contributed by atoms with van der Waals surface area (Å²) in [6.45, 7) is 4.83. The van der Waals surface area contributed by atoms with E-state index in [0.29, 0.717) is 24.6 Å². The molecule has 1 heterocycles. The summed E-state index contributed by atoms with van der Waals surface area (Å²) >= 11 is 0. The Bertz CT molecular complexity index is 1060. The van der Waals surface area contributed by atoms with Gasteiger partial charge in [0.25, 0.3) is 5.91 Å². The molecule has 7 nitrogen and oxygen atoms in total. The van der Waals surface area contributed by atoms with Crippen LogP contribution in [0.3, 0.4) is 0 Å². The van der Waals surface area contributed by atoms with Crippen molar-refractivity contribution in [3.63, 3.8) is 0 Å². The maximum absolute atomic E-state index is 13.2. The van der Waals surface area contributed by atoms with Crippen LogP contribution in [0, 0.1) is 6.92 Å². The maximum Gasteiger partial charge on any atom is 0.255 e. The number of ether oxygens (including phenoxy) is 2. The predicted octanol–water partition coefficient (Wildman–Crippen LogP) is 4.07. The molecule has 32 heavy (non-hydrogen) atoms. The Morgan fingerprint density at radius 3 is 2.22 bits per heavy atom. The summed E-state index contributed by atoms with van der Waals surface area (Å²) in [5, 5.41) is 2.95. The molecule has 3 rings (SSSR count). The van der Waals surface area contributed by atoms with Gasteiger partial charge in [-0.2, -0.15) is 4.31 Å². The Hall–Kier alpha value is -2.58. The molecule has 1 atom stereocenters. The van der Waals surface area contributed by atoms with E-state index in [4.69, 9.17) is 9.47 Å². The normalized spacial score (nSPS) is 16.1. The number of aryl methyl sites for hydroxylation is 1. The summed E-state index contributed by atoms with van der Waals surface area (Å²) in [6, 6.07) is 9.86. The Balaban J connectivity index is 1.90. The number of sulfonamides is 1. The molecule has 0 saturated carbocycles. The number of carbonyl (C=O) groups excluding carboxylic acids is 1. The third-order valence-electron chi connectivity index (χ3n) is 5.82. The van der Waals surface area contributed by atoms with E-state index in [1.54, 1.807) is 7.11 Å². The van der Waals surface area contributed by atoms with Crippen molar-refractivity contribution in [2.75, 3.05) is 27.3 Å². The largest absolute Gasteiger partial charge is 0.496 e. The molecule has 1 saturated heterocycles. The second-order valence-electron chi connectivity index (χ2n) is 8.12. The summed E-state index contributed by atoms with van der Waals surface area (Å²) in [7, 11) is -0.639. The Kier molecular flexibility index (Phi) is 7.79. The first-order chi connectivity index (χ1) is 15.3. The van der Waals surface area contributed by atoms with E-state index in [0.717, 1.165) is 36.8 Å².